The number of hydrogen-bond donors (Lipinski definition) is 3. The van der Waals surface area contributed by atoms with Crippen molar-refractivity contribution in [2.45, 2.75) is 19.0 Å². The average molecular weight is 415 g/mol. The number of aromatic hydroxyl groups is 1. The first-order chi connectivity index (χ1) is 15.2. The molecule has 3 aromatic rings. The standard InChI is InChI=1S/C24H26N6O/c25-15-21-16-26-12-13-30(21)17-19-2-1-3-20(14-19)23-9-11-28-24(29-23)27-10-8-18-4-6-22(31)7-5-18/h1-7,9,11,14,21,26,31H,8,10,12-13,16-17H2,(H,27,28,29). The Morgan fingerprint density at radius 1 is 1.16 bits per heavy atom. The lowest BCUT2D eigenvalue weighted by atomic mass is 10.1. The van der Waals surface area contributed by atoms with E-state index in [4.69, 9.17) is 0 Å². The lowest BCUT2D eigenvalue weighted by Crippen LogP contribution is -2.49. The highest BCUT2D eigenvalue weighted by Gasteiger charge is 2.21. The summed E-state index contributed by atoms with van der Waals surface area (Å²) in [5.41, 5.74) is 4.20. The molecule has 0 aliphatic carbocycles. The lowest BCUT2D eigenvalue weighted by molar-refractivity contribution is 0.189. The highest BCUT2D eigenvalue weighted by molar-refractivity contribution is 5.61. The van der Waals surface area contributed by atoms with Crippen molar-refractivity contribution in [3.63, 3.8) is 0 Å². The highest BCUT2D eigenvalue weighted by atomic mass is 16.3. The number of benzene rings is 2. The zero-order chi connectivity index (χ0) is 21.5. The Kier molecular flexibility index (Phi) is 6.72. The summed E-state index contributed by atoms with van der Waals surface area (Å²) in [4.78, 5) is 11.2. The van der Waals surface area contributed by atoms with Crippen molar-refractivity contribution in [3.8, 4) is 23.1 Å². The molecule has 7 heteroatoms. The number of piperazine rings is 1. The van der Waals surface area contributed by atoms with Gasteiger partial charge in [0, 0.05) is 44.5 Å². The van der Waals surface area contributed by atoms with Crippen molar-refractivity contribution >= 4 is 5.95 Å². The van der Waals surface area contributed by atoms with E-state index in [1.165, 1.54) is 5.56 Å². The van der Waals surface area contributed by atoms with Gasteiger partial charge in [-0.05, 0) is 41.8 Å². The van der Waals surface area contributed by atoms with Crippen LogP contribution >= 0.6 is 0 Å². The molecule has 2 aromatic carbocycles. The summed E-state index contributed by atoms with van der Waals surface area (Å²) in [6.45, 7) is 3.93. The molecule has 1 aliphatic heterocycles. The van der Waals surface area contributed by atoms with E-state index in [1.807, 2.05) is 30.3 Å². The Balaban J connectivity index is 1.40. The van der Waals surface area contributed by atoms with Crippen LogP contribution < -0.4 is 10.6 Å². The molecule has 0 amide bonds. The van der Waals surface area contributed by atoms with E-state index < -0.39 is 0 Å². The van der Waals surface area contributed by atoms with Gasteiger partial charge < -0.3 is 15.7 Å². The minimum atomic E-state index is -0.0964. The molecule has 3 N–H and O–H groups in total. The molecule has 158 valence electrons. The molecule has 0 radical (unpaired) electrons. The SMILES string of the molecule is N#CC1CNCCN1Cc1cccc(-c2ccnc(NCCc3ccc(O)cc3)n2)c1. The second kappa shape index (κ2) is 10.0. The Labute approximate surface area is 182 Å². The summed E-state index contributed by atoms with van der Waals surface area (Å²) in [6.07, 6.45) is 2.58. The van der Waals surface area contributed by atoms with Gasteiger partial charge in [0.05, 0.1) is 11.8 Å². The molecule has 1 saturated heterocycles. The van der Waals surface area contributed by atoms with Crippen LogP contribution in [0.4, 0.5) is 5.95 Å². The molecule has 1 atom stereocenters. The quantitative estimate of drug-likeness (QED) is 0.547. The molecule has 0 saturated carbocycles. The fraction of sp³-hybridized carbons (Fsp3) is 0.292. The lowest BCUT2D eigenvalue weighted by Gasteiger charge is -2.31. The van der Waals surface area contributed by atoms with Crippen molar-refractivity contribution < 1.29 is 5.11 Å². The predicted molar refractivity (Wildman–Crippen MR) is 120 cm³/mol. The third-order valence-corrected chi connectivity index (χ3v) is 5.40. The van der Waals surface area contributed by atoms with Crippen LogP contribution in [-0.4, -0.2) is 52.2 Å². The Morgan fingerprint density at radius 2 is 2.03 bits per heavy atom. The molecule has 0 spiro atoms. The number of rotatable bonds is 7. The number of nitriles is 1. The molecule has 31 heavy (non-hydrogen) atoms. The van der Waals surface area contributed by atoms with E-state index in [0.717, 1.165) is 42.9 Å². The minimum Gasteiger partial charge on any atom is -0.508 e. The van der Waals surface area contributed by atoms with Gasteiger partial charge in [0.15, 0.2) is 0 Å². The monoisotopic (exact) mass is 414 g/mol. The highest BCUT2D eigenvalue weighted by Crippen LogP contribution is 2.21. The van der Waals surface area contributed by atoms with Gasteiger partial charge in [0.25, 0.3) is 0 Å². The molecule has 7 nitrogen and oxygen atoms in total. The van der Waals surface area contributed by atoms with Crippen molar-refractivity contribution in [1.82, 2.24) is 20.2 Å². The second-order valence-electron chi connectivity index (χ2n) is 7.63. The van der Waals surface area contributed by atoms with Crippen molar-refractivity contribution in [1.29, 1.82) is 5.26 Å². The van der Waals surface area contributed by atoms with E-state index >= 15 is 0 Å². The number of phenolic OH excluding ortho intramolecular Hbond substituents is 1. The third-order valence-electron chi connectivity index (χ3n) is 5.40. The molecule has 1 aromatic heterocycles. The first-order valence-corrected chi connectivity index (χ1v) is 10.5. The van der Waals surface area contributed by atoms with Gasteiger partial charge in [-0.25, -0.2) is 9.97 Å². The number of aromatic nitrogens is 2. The zero-order valence-electron chi connectivity index (χ0n) is 17.3. The van der Waals surface area contributed by atoms with Crippen LogP contribution in [0, 0.1) is 11.3 Å². The Hall–Kier alpha value is -3.47. The molecule has 1 fully saturated rings. The van der Waals surface area contributed by atoms with Crippen molar-refractivity contribution in [2.75, 3.05) is 31.5 Å². The summed E-state index contributed by atoms with van der Waals surface area (Å²) >= 11 is 0. The van der Waals surface area contributed by atoms with Gasteiger partial charge in [-0.3, -0.25) is 4.90 Å². The normalized spacial score (nSPS) is 16.5. The van der Waals surface area contributed by atoms with Crippen LogP contribution in [0.3, 0.4) is 0 Å². The minimum absolute atomic E-state index is 0.0964. The first kappa shape index (κ1) is 20.8. The van der Waals surface area contributed by atoms with Crippen LogP contribution in [0.25, 0.3) is 11.3 Å². The van der Waals surface area contributed by atoms with Gasteiger partial charge in [0.2, 0.25) is 5.95 Å². The van der Waals surface area contributed by atoms with Crippen molar-refractivity contribution in [2.24, 2.45) is 0 Å². The maximum absolute atomic E-state index is 9.39. The molecule has 0 bridgehead atoms. The fourth-order valence-corrected chi connectivity index (χ4v) is 3.71. The van der Waals surface area contributed by atoms with Gasteiger partial charge in [-0.2, -0.15) is 5.26 Å². The fourth-order valence-electron chi connectivity index (χ4n) is 3.71. The van der Waals surface area contributed by atoms with E-state index in [1.54, 1.807) is 18.3 Å². The van der Waals surface area contributed by atoms with Gasteiger partial charge in [0.1, 0.15) is 11.8 Å². The summed E-state index contributed by atoms with van der Waals surface area (Å²) in [7, 11) is 0. The van der Waals surface area contributed by atoms with Crippen LogP contribution in [0.2, 0.25) is 0 Å². The molecule has 1 unspecified atom stereocenters. The molecule has 1 aliphatic rings. The van der Waals surface area contributed by atoms with E-state index in [0.29, 0.717) is 19.0 Å². The van der Waals surface area contributed by atoms with Crippen molar-refractivity contribution in [3.05, 3.63) is 71.9 Å². The number of anilines is 1. The first-order valence-electron chi connectivity index (χ1n) is 10.5. The van der Waals surface area contributed by atoms with Gasteiger partial charge >= 0.3 is 0 Å². The zero-order valence-corrected chi connectivity index (χ0v) is 17.3. The van der Waals surface area contributed by atoms with Gasteiger partial charge in [-0.1, -0.05) is 30.3 Å². The molecule has 2 heterocycles. The molecule has 4 rings (SSSR count). The third kappa shape index (κ3) is 5.57. The average Bonchev–Trinajstić information content (AvgIpc) is 2.81. The number of nitrogens with one attached hydrogen (secondary N) is 2. The van der Waals surface area contributed by atoms with E-state index in [9.17, 15) is 10.4 Å². The summed E-state index contributed by atoms with van der Waals surface area (Å²) in [6, 6.07) is 19.7. The number of nitrogens with zero attached hydrogens (tertiary/aromatic N) is 4. The van der Waals surface area contributed by atoms with Crippen LogP contribution in [-0.2, 0) is 13.0 Å². The van der Waals surface area contributed by atoms with Crippen LogP contribution in [0.15, 0.2) is 60.8 Å². The van der Waals surface area contributed by atoms with E-state index in [2.05, 4.69) is 43.7 Å². The van der Waals surface area contributed by atoms with Crippen LogP contribution in [0.5, 0.6) is 5.75 Å². The summed E-state index contributed by atoms with van der Waals surface area (Å²) in [5.74, 6) is 0.864. The maximum Gasteiger partial charge on any atom is 0.223 e. The van der Waals surface area contributed by atoms with Crippen LogP contribution in [0.1, 0.15) is 11.1 Å². The summed E-state index contributed by atoms with van der Waals surface area (Å²) in [5, 5.41) is 25.3. The number of phenols is 1. The largest absolute Gasteiger partial charge is 0.508 e. The van der Waals surface area contributed by atoms with Gasteiger partial charge in [-0.15, -0.1) is 0 Å². The second-order valence-corrected chi connectivity index (χ2v) is 7.63. The van der Waals surface area contributed by atoms with E-state index in [-0.39, 0.29) is 11.8 Å². The number of hydrogen-bond acceptors (Lipinski definition) is 7. The topological polar surface area (TPSA) is 97.1 Å². The molecular weight excluding hydrogens is 388 g/mol. The Morgan fingerprint density at radius 3 is 2.87 bits per heavy atom. The maximum atomic E-state index is 9.39. The smallest absolute Gasteiger partial charge is 0.223 e. The Bertz CT molecular complexity index is 1050. The summed E-state index contributed by atoms with van der Waals surface area (Å²) < 4.78 is 0. The molecular formula is C24H26N6O. The predicted octanol–water partition coefficient (Wildman–Crippen LogP) is 2.80.